The molecule has 0 unspecified atom stereocenters. The van der Waals surface area contributed by atoms with Gasteiger partial charge >= 0.3 is 0 Å². The summed E-state index contributed by atoms with van der Waals surface area (Å²) >= 11 is 6.47. The highest BCUT2D eigenvalue weighted by Gasteiger charge is 2.22. The SMILES string of the molecule is COc1ccccc1OCc1c(C(=O)Nc2c(Br)cc(F)cc2Br)noc1C. The highest BCUT2D eigenvalue weighted by Crippen LogP contribution is 2.33. The summed E-state index contributed by atoms with van der Waals surface area (Å²) in [6.07, 6.45) is 0. The zero-order valence-electron chi connectivity index (χ0n) is 14.9. The molecule has 3 rings (SSSR count). The van der Waals surface area contributed by atoms with Gasteiger partial charge in [0, 0.05) is 8.95 Å². The lowest BCUT2D eigenvalue weighted by atomic mass is 10.2. The van der Waals surface area contributed by atoms with Crippen LogP contribution in [0.2, 0.25) is 0 Å². The molecule has 0 spiro atoms. The number of carbonyl (C=O) groups is 1. The Balaban J connectivity index is 1.82. The molecule has 0 aliphatic heterocycles. The van der Waals surface area contributed by atoms with Crippen molar-refractivity contribution in [2.45, 2.75) is 13.5 Å². The number of hydrogen-bond acceptors (Lipinski definition) is 5. The zero-order chi connectivity index (χ0) is 20.3. The number of carbonyl (C=O) groups excluding carboxylic acids is 1. The lowest BCUT2D eigenvalue weighted by molar-refractivity contribution is 0.101. The number of methoxy groups -OCH3 is 1. The van der Waals surface area contributed by atoms with Gasteiger partial charge in [-0.05, 0) is 63.0 Å². The van der Waals surface area contributed by atoms with Crippen molar-refractivity contribution in [2.24, 2.45) is 0 Å². The van der Waals surface area contributed by atoms with Gasteiger partial charge < -0.3 is 19.3 Å². The summed E-state index contributed by atoms with van der Waals surface area (Å²) in [5.74, 6) is 0.600. The normalized spacial score (nSPS) is 10.6. The van der Waals surface area contributed by atoms with Gasteiger partial charge in [0.2, 0.25) is 0 Å². The Morgan fingerprint density at radius 3 is 2.50 bits per heavy atom. The van der Waals surface area contributed by atoms with Crippen molar-refractivity contribution in [1.82, 2.24) is 5.16 Å². The van der Waals surface area contributed by atoms with Crippen LogP contribution in [0.1, 0.15) is 21.8 Å². The minimum atomic E-state index is -0.511. The number of rotatable bonds is 6. The molecular weight excluding hydrogens is 499 g/mol. The predicted octanol–water partition coefficient (Wildman–Crippen LogP) is 5.49. The molecule has 0 saturated carbocycles. The second-order valence-corrected chi connectivity index (χ2v) is 7.41. The molecule has 0 atom stereocenters. The van der Waals surface area contributed by atoms with E-state index in [2.05, 4.69) is 42.3 Å². The van der Waals surface area contributed by atoms with Crippen LogP contribution in [0.15, 0.2) is 49.9 Å². The summed E-state index contributed by atoms with van der Waals surface area (Å²) in [6, 6.07) is 9.67. The highest BCUT2D eigenvalue weighted by molar-refractivity contribution is 9.11. The molecule has 6 nitrogen and oxygen atoms in total. The summed E-state index contributed by atoms with van der Waals surface area (Å²) in [5.41, 5.74) is 0.955. The topological polar surface area (TPSA) is 73.6 Å². The number of nitrogens with one attached hydrogen (secondary N) is 1. The number of hydrogen-bond donors (Lipinski definition) is 1. The summed E-state index contributed by atoms with van der Waals surface area (Å²) in [5, 5.41) is 6.53. The Morgan fingerprint density at radius 1 is 1.21 bits per heavy atom. The third-order valence-corrected chi connectivity index (χ3v) is 5.14. The van der Waals surface area contributed by atoms with E-state index in [0.29, 0.717) is 37.5 Å². The molecule has 146 valence electrons. The van der Waals surface area contributed by atoms with E-state index in [-0.39, 0.29) is 12.3 Å². The third-order valence-electron chi connectivity index (χ3n) is 3.89. The number of anilines is 1. The minimum absolute atomic E-state index is 0.0597. The molecule has 9 heteroatoms. The second-order valence-electron chi connectivity index (χ2n) is 5.70. The van der Waals surface area contributed by atoms with Crippen molar-refractivity contribution >= 4 is 43.5 Å². The first-order valence-corrected chi connectivity index (χ1v) is 9.66. The molecule has 3 aromatic rings. The molecule has 0 radical (unpaired) electrons. The standard InChI is InChI=1S/C19H15Br2FN2O4/c1-10-12(9-27-16-6-4-3-5-15(16)26-2)17(24-28-10)19(25)23-18-13(20)7-11(22)8-14(18)21/h3-8H,9H2,1-2H3,(H,23,25). The van der Waals surface area contributed by atoms with Crippen molar-refractivity contribution in [3.05, 3.63) is 68.2 Å². The Bertz CT molecular complexity index is 1000. The molecule has 0 bridgehead atoms. The molecule has 1 aromatic heterocycles. The molecule has 0 aliphatic rings. The predicted molar refractivity (Wildman–Crippen MR) is 108 cm³/mol. The molecule has 1 heterocycles. The van der Waals surface area contributed by atoms with E-state index in [1.165, 1.54) is 12.1 Å². The fourth-order valence-corrected chi connectivity index (χ4v) is 3.79. The molecule has 0 fully saturated rings. The van der Waals surface area contributed by atoms with Crippen LogP contribution in [-0.2, 0) is 6.61 Å². The monoisotopic (exact) mass is 512 g/mol. The van der Waals surface area contributed by atoms with Gasteiger partial charge in [0.05, 0.1) is 18.4 Å². The van der Waals surface area contributed by atoms with Crippen LogP contribution in [0.3, 0.4) is 0 Å². The summed E-state index contributed by atoms with van der Waals surface area (Å²) in [4.78, 5) is 12.7. The number of halogens is 3. The Morgan fingerprint density at radius 2 is 1.86 bits per heavy atom. The highest BCUT2D eigenvalue weighted by atomic mass is 79.9. The van der Waals surface area contributed by atoms with Gasteiger partial charge in [0.15, 0.2) is 17.2 Å². The molecule has 1 amide bonds. The van der Waals surface area contributed by atoms with E-state index in [4.69, 9.17) is 14.0 Å². The molecule has 2 aromatic carbocycles. The first-order valence-electron chi connectivity index (χ1n) is 8.07. The second kappa shape index (κ2) is 8.74. The van der Waals surface area contributed by atoms with E-state index >= 15 is 0 Å². The van der Waals surface area contributed by atoms with Gasteiger partial charge in [0.1, 0.15) is 18.2 Å². The maximum atomic E-state index is 13.4. The molecule has 0 aliphatic carbocycles. The number of ether oxygens (including phenoxy) is 2. The lowest BCUT2D eigenvalue weighted by Gasteiger charge is -2.11. The van der Waals surface area contributed by atoms with E-state index in [9.17, 15) is 9.18 Å². The largest absolute Gasteiger partial charge is 0.493 e. The number of para-hydroxylation sites is 2. The maximum Gasteiger partial charge on any atom is 0.278 e. The Labute approximate surface area is 177 Å². The smallest absolute Gasteiger partial charge is 0.278 e. The zero-order valence-corrected chi connectivity index (χ0v) is 18.1. The number of benzene rings is 2. The lowest BCUT2D eigenvalue weighted by Crippen LogP contribution is -2.16. The van der Waals surface area contributed by atoms with E-state index in [0.717, 1.165) is 0 Å². The fraction of sp³-hybridized carbons (Fsp3) is 0.158. The molecule has 1 N–H and O–H groups in total. The number of aryl methyl sites for hydroxylation is 1. The van der Waals surface area contributed by atoms with Crippen molar-refractivity contribution in [2.75, 3.05) is 12.4 Å². The van der Waals surface area contributed by atoms with Gasteiger partial charge in [-0.3, -0.25) is 4.79 Å². The van der Waals surface area contributed by atoms with Gasteiger partial charge in [-0.1, -0.05) is 17.3 Å². The molecule has 0 saturated heterocycles. The quantitative estimate of drug-likeness (QED) is 0.472. The van der Waals surface area contributed by atoms with Crippen LogP contribution >= 0.6 is 31.9 Å². The van der Waals surface area contributed by atoms with Crippen molar-refractivity contribution < 1.29 is 23.2 Å². The fourth-order valence-electron chi connectivity index (χ4n) is 2.46. The number of nitrogens with zero attached hydrogens (tertiary/aromatic N) is 1. The number of amides is 1. The van der Waals surface area contributed by atoms with Gasteiger partial charge in [-0.15, -0.1) is 0 Å². The molecule has 28 heavy (non-hydrogen) atoms. The van der Waals surface area contributed by atoms with Crippen molar-refractivity contribution in [3.63, 3.8) is 0 Å². The van der Waals surface area contributed by atoms with Crippen molar-refractivity contribution in [1.29, 1.82) is 0 Å². The van der Waals surface area contributed by atoms with Crippen LogP contribution < -0.4 is 14.8 Å². The summed E-state index contributed by atoms with van der Waals surface area (Å²) in [6.45, 7) is 1.75. The van der Waals surface area contributed by atoms with Gasteiger partial charge in [-0.25, -0.2) is 4.39 Å². The van der Waals surface area contributed by atoms with Crippen LogP contribution in [0.5, 0.6) is 11.5 Å². The summed E-state index contributed by atoms with van der Waals surface area (Å²) in [7, 11) is 1.55. The van der Waals surface area contributed by atoms with Gasteiger partial charge in [-0.2, -0.15) is 0 Å². The van der Waals surface area contributed by atoms with Crippen LogP contribution in [0.4, 0.5) is 10.1 Å². The van der Waals surface area contributed by atoms with Gasteiger partial charge in [0.25, 0.3) is 5.91 Å². The van der Waals surface area contributed by atoms with E-state index in [1.54, 1.807) is 26.2 Å². The minimum Gasteiger partial charge on any atom is -0.493 e. The maximum absolute atomic E-state index is 13.4. The van der Waals surface area contributed by atoms with Crippen LogP contribution in [-0.4, -0.2) is 18.2 Å². The average Bonchev–Trinajstić information content (AvgIpc) is 3.03. The number of aromatic nitrogens is 1. The van der Waals surface area contributed by atoms with Crippen LogP contribution in [0.25, 0.3) is 0 Å². The molecular formula is C19H15Br2FN2O4. The van der Waals surface area contributed by atoms with Crippen molar-refractivity contribution in [3.8, 4) is 11.5 Å². The summed E-state index contributed by atoms with van der Waals surface area (Å²) < 4.78 is 30.4. The van der Waals surface area contributed by atoms with E-state index in [1.807, 2.05) is 12.1 Å². The first kappa shape index (κ1) is 20.3. The Kier molecular flexibility index (Phi) is 6.35. The Hall–Kier alpha value is -2.39. The average molecular weight is 514 g/mol. The first-order chi connectivity index (χ1) is 13.4. The third kappa shape index (κ3) is 4.36. The van der Waals surface area contributed by atoms with Crippen LogP contribution in [0, 0.1) is 12.7 Å². The van der Waals surface area contributed by atoms with E-state index < -0.39 is 11.7 Å².